The summed E-state index contributed by atoms with van der Waals surface area (Å²) in [6.07, 6.45) is 0.779. The molecule has 0 radical (unpaired) electrons. The molecule has 0 bridgehead atoms. The van der Waals surface area contributed by atoms with E-state index in [0.717, 1.165) is 0 Å². The van der Waals surface area contributed by atoms with Crippen LogP contribution in [0.25, 0.3) is 0 Å². The fourth-order valence-electron chi connectivity index (χ4n) is 1.75. The predicted molar refractivity (Wildman–Crippen MR) is 88.2 cm³/mol. The minimum absolute atomic E-state index is 0.0340. The van der Waals surface area contributed by atoms with Gasteiger partial charge in [0.2, 0.25) is 11.8 Å². The van der Waals surface area contributed by atoms with Gasteiger partial charge in [-0.2, -0.15) is 0 Å². The highest BCUT2D eigenvalue weighted by molar-refractivity contribution is 6.38. The molecule has 0 aliphatic heterocycles. The van der Waals surface area contributed by atoms with E-state index in [4.69, 9.17) is 23.2 Å². The maximum Gasteiger partial charge on any atom is 0.227 e. The number of halogens is 2. The number of amides is 2. The molecule has 1 aromatic carbocycles. The first kappa shape index (κ1) is 17.8. The van der Waals surface area contributed by atoms with Gasteiger partial charge in [-0.3, -0.25) is 9.59 Å². The fourth-order valence-corrected chi connectivity index (χ4v) is 2.24. The first-order valence-electron chi connectivity index (χ1n) is 6.81. The van der Waals surface area contributed by atoms with Crippen LogP contribution in [0.4, 0.5) is 11.4 Å². The van der Waals surface area contributed by atoms with Crippen LogP contribution in [0.5, 0.6) is 0 Å². The van der Waals surface area contributed by atoms with Crippen molar-refractivity contribution >= 4 is 46.4 Å². The Labute approximate surface area is 135 Å². The van der Waals surface area contributed by atoms with Gasteiger partial charge in [0.15, 0.2) is 0 Å². The minimum atomic E-state index is -0.148. The molecular weight excluding hydrogens is 311 g/mol. The van der Waals surface area contributed by atoms with Gasteiger partial charge >= 0.3 is 0 Å². The van der Waals surface area contributed by atoms with E-state index < -0.39 is 0 Å². The maximum atomic E-state index is 12.1. The summed E-state index contributed by atoms with van der Waals surface area (Å²) >= 11 is 12.3. The van der Waals surface area contributed by atoms with Gasteiger partial charge in [0.05, 0.1) is 21.4 Å². The maximum absolute atomic E-state index is 12.1. The number of anilines is 2. The van der Waals surface area contributed by atoms with Crippen LogP contribution in [0.1, 0.15) is 33.6 Å². The van der Waals surface area contributed by atoms with Crippen molar-refractivity contribution in [2.45, 2.75) is 33.6 Å². The van der Waals surface area contributed by atoms with Crippen molar-refractivity contribution in [3.63, 3.8) is 0 Å². The number of benzene rings is 1. The van der Waals surface area contributed by atoms with Crippen molar-refractivity contribution in [1.82, 2.24) is 0 Å². The van der Waals surface area contributed by atoms with E-state index in [-0.39, 0.29) is 17.7 Å². The van der Waals surface area contributed by atoms with Gasteiger partial charge in [0.1, 0.15) is 0 Å². The second-order valence-electron chi connectivity index (χ2n) is 5.24. The molecule has 0 saturated heterocycles. The van der Waals surface area contributed by atoms with Crippen LogP contribution in [-0.2, 0) is 9.59 Å². The zero-order chi connectivity index (χ0) is 16.2. The van der Waals surface area contributed by atoms with Crippen molar-refractivity contribution in [3.8, 4) is 0 Å². The molecule has 4 nitrogen and oxygen atoms in total. The average molecular weight is 331 g/mol. The topological polar surface area (TPSA) is 49.4 Å². The second-order valence-corrected chi connectivity index (χ2v) is 6.05. The van der Waals surface area contributed by atoms with Crippen LogP contribution >= 0.6 is 23.2 Å². The summed E-state index contributed by atoms with van der Waals surface area (Å²) in [5.74, 6) is 0.0792. The van der Waals surface area contributed by atoms with Crippen molar-refractivity contribution < 1.29 is 9.59 Å². The van der Waals surface area contributed by atoms with E-state index in [2.05, 4.69) is 5.32 Å². The zero-order valence-electron chi connectivity index (χ0n) is 12.7. The van der Waals surface area contributed by atoms with Gasteiger partial charge < -0.3 is 10.2 Å². The smallest absolute Gasteiger partial charge is 0.227 e. The number of nitrogens with zero attached hydrogens (tertiary/aromatic N) is 1. The number of hydrogen-bond donors (Lipinski definition) is 1. The average Bonchev–Trinajstić information content (AvgIpc) is 2.40. The Morgan fingerprint density at radius 3 is 2.38 bits per heavy atom. The second kappa shape index (κ2) is 7.66. The van der Waals surface area contributed by atoms with Crippen molar-refractivity contribution in [2.75, 3.05) is 17.3 Å². The number of carbonyl (C=O) groups excluding carboxylic acids is 2. The number of nitrogens with one attached hydrogen (secondary N) is 1. The molecule has 21 heavy (non-hydrogen) atoms. The normalized spacial score (nSPS) is 10.6. The molecule has 1 rings (SSSR count). The Hall–Kier alpha value is -1.26. The van der Waals surface area contributed by atoms with E-state index in [1.807, 2.05) is 13.8 Å². The first-order valence-corrected chi connectivity index (χ1v) is 7.57. The SMILES string of the molecule is CCC(=O)Nc1cc(Cl)c(N(C)C(=O)CC(C)C)cc1Cl. The number of hydrogen-bond acceptors (Lipinski definition) is 2. The van der Waals surface area contributed by atoms with E-state index >= 15 is 0 Å². The van der Waals surface area contributed by atoms with E-state index in [9.17, 15) is 9.59 Å². The fraction of sp³-hybridized carbons (Fsp3) is 0.467. The third kappa shape index (κ3) is 4.90. The van der Waals surface area contributed by atoms with E-state index in [1.165, 1.54) is 4.90 Å². The lowest BCUT2D eigenvalue weighted by atomic mass is 10.1. The molecule has 0 spiro atoms. The third-order valence-corrected chi connectivity index (χ3v) is 3.57. The van der Waals surface area contributed by atoms with Crippen LogP contribution in [0.3, 0.4) is 0 Å². The summed E-state index contributed by atoms with van der Waals surface area (Å²) < 4.78 is 0. The Morgan fingerprint density at radius 2 is 1.86 bits per heavy atom. The molecule has 1 aromatic rings. The summed E-state index contributed by atoms with van der Waals surface area (Å²) in [4.78, 5) is 25.0. The molecule has 0 aliphatic rings. The van der Waals surface area contributed by atoms with Crippen LogP contribution in [0.2, 0.25) is 10.0 Å². The molecule has 0 unspecified atom stereocenters. The Morgan fingerprint density at radius 1 is 1.24 bits per heavy atom. The van der Waals surface area contributed by atoms with E-state index in [1.54, 1.807) is 26.1 Å². The molecule has 0 fully saturated rings. The van der Waals surface area contributed by atoms with Crippen LogP contribution in [0.15, 0.2) is 12.1 Å². The lowest BCUT2D eigenvalue weighted by Crippen LogP contribution is -2.27. The highest BCUT2D eigenvalue weighted by atomic mass is 35.5. The number of carbonyl (C=O) groups is 2. The molecule has 1 N–H and O–H groups in total. The first-order chi connectivity index (χ1) is 9.76. The van der Waals surface area contributed by atoms with Crippen LogP contribution in [-0.4, -0.2) is 18.9 Å². The summed E-state index contributed by atoms with van der Waals surface area (Å²) in [5.41, 5.74) is 0.976. The molecule has 2 amide bonds. The van der Waals surface area contributed by atoms with Gasteiger partial charge in [0.25, 0.3) is 0 Å². The van der Waals surface area contributed by atoms with Crippen LogP contribution < -0.4 is 10.2 Å². The van der Waals surface area contributed by atoms with Gasteiger partial charge in [-0.1, -0.05) is 44.0 Å². The minimum Gasteiger partial charge on any atom is -0.325 e. The molecular formula is C15H20Cl2N2O2. The predicted octanol–water partition coefficient (Wildman–Crippen LogP) is 4.35. The summed E-state index contributed by atoms with van der Waals surface area (Å²) in [7, 11) is 1.66. The zero-order valence-corrected chi connectivity index (χ0v) is 14.2. The monoisotopic (exact) mass is 330 g/mol. The molecule has 0 atom stereocenters. The summed E-state index contributed by atoms with van der Waals surface area (Å²) in [6, 6.07) is 3.15. The van der Waals surface area contributed by atoms with Crippen molar-refractivity contribution in [1.29, 1.82) is 0 Å². The molecule has 0 heterocycles. The van der Waals surface area contributed by atoms with Gasteiger partial charge in [-0.15, -0.1) is 0 Å². The van der Waals surface area contributed by atoms with Crippen molar-refractivity contribution in [2.24, 2.45) is 5.92 Å². The van der Waals surface area contributed by atoms with Gasteiger partial charge in [-0.25, -0.2) is 0 Å². The van der Waals surface area contributed by atoms with Gasteiger partial charge in [0, 0.05) is 19.9 Å². The Balaban J connectivity index is 3.03. The largest absolute Gasteiger partial charge is 0.325 e. The molecule has 0 aliphatic carbocycles. The number of rotatable bonds is 5. The lowest BCUT2D eigenvalue weighted by molar-refractivity contribution is -0.119. The Bertz CT molecular complexity index is 545. The van der Waals surface area contributed by atoms with E-state index in [0.29, 0.717) is 34.3 Å². The molecule has 116 valence electrons. The standard InChI is InChI=1S/C15H20Cl2N2O2/c1-5-14(20)18-12-7-11(17)13(8-10(12)16)19(4)15(21)6-9(2)3/h7-9H,5-6H2,1-4H3,(H,18,20). The van der Waals surface area contributed by atoms with Gasteiger partial charge in [-0.05, 0) is 18.1 Å². The van der Waals surface area contributed by atoms with Crippen LogP contribution in [0, 0.1) is 5.92 Å². The highest BCUT2D eigenvalue weighted by Crippen LogP contribution is 2.35. The summed E-state index contributed by atoms with van der Waals surface area (Å²) in [6.45, 7) is 5.70. The highest BCUT2D eigenvalue weighted by Gasteiger charge is 2.17. The quantitative estimate of drug-likeness (QED) is 0.872. The third-order valence-electron chi connectivity index (χ3n) is 2.95. The lowest BCUT2D eigenvalue weighted by Gasteiger charge is -2.21. The molecule has 0 saturated carbocycles. The molecule has 6 heteroatoms. The Kier molecular flexibility index (Phi) is 6.49. The van der Waals surface area contributed by atoms with Crippen molar-refractivity contribution in [3.05, 3.63) is 22.2 Å². The summed E-state index contributed by atoms with van der Waals surface area (Å²) in [5, 5.41) is 3.38. The molecule has 0 aromatic heterocycles.